The number of hydrogen-bond acceptors (Lipinski definition) is 4. The van der Waals surface area contributed by atoms with Gasteiger partial charge in [-0.25, -0.2) is 18.2 Å². The van der Waals surface area contributed by atoms with E-state index in [1.807, 2.05) is 0 Å². The molecule has 0 bridgehead atoms. The van der Waals surface area contributed by atoms with Crippen LogP contribution in [0.15, 0.2) is 18.3 Å². The number of hydrogen-bond donors (Lipinski definition) is 2. The van der Waals surface area contributed by atoms with E-state index in [1.165, 1.54) is 18.3 Å². The number of carboxylic acid groups (broad SMARTS) is 1. The molecule has 7 heteroatoms. The number of aromatic carboxylic acids is 1. The molecule has 0 amide bonds. The van der Waals surface area contributed by atoms with E-state index in [0.717, 1.165) is 0 Å². The lowest BCUT2D eigenvalue weighted by atomic mass is 10.3. The number of rotatable bonds is 5. The van der Waals surface area contributed by atoms with Gasteiger partial charge in [0, 0.05) is 6.20 Å². The summed E-state index contributed by atoms with van der Waals surface area (Å²) in [6, 6.07) is 2.58. The fourth-order valence-corrected chi connectivity index (χ4v) is 2.24. The first-order chi connectivity index (χ1) is 7.44. The summed E-state index contributed by atoms with van der Waals surface area (Å²) < 4.78 is 25.1. The second-order valence-electron chi connectivity index (χ2n) is 3.16. The van der Waals surface area contributed by atoms with Gasteiger partial charge in [0.1, 0.15) is 5.69 Å². The number of pyridine rings is 1. The van der Waals surface area contributed by atoms with Gasteiger partial charge >= 0.3 is 5.97 Å². The first-order valence-electron chi connectivity index (χ1n) is 4.64. The summed E-state index contributed by atoms with van der Waals surface area (Å²) in [5.74, 6) is -1.20. The Morgan fingerprint density at radius 3 is 2.81 bits per heavy atom. The highest BCUT2D eigenvalue weighted by atomic mass is 32.2. The molecule has 0 atom stereocenters. The standard InChI is InChI=1S/C9H12N2O4S/c1-2-5-16(14,15)11-7-3-4-10-8(6-7)9(12)13/h3-4,6H,2,5H2,1H3,(H,10,11)(H,12,13). The summed E-state index contributed by atoms with van der Waals surface area (Å²) in [6.07, 6.45) is 1.74. The smallest absolute Gasteiger partial charge is 0.354 e. The molecule has 0 aliphatic rings. The summed E-state index contributed by atoms with van der Waals surface area (Å²) in [5.41, 5.74) is 0.0116. The van der Waals surface area contributed by atoms with Crippen LogP contribution in [-0.4, -0.2) is 30.2 Å². The molecular formula is C9H12N2O4S. The molecule has 0 aliphatic heterocycles. The molecule has 1 heterocycles. The highest BCUT2D eigenvalue weighted by Gasteiger charge is 2.11. The third-order valence-corrected chi connectivity index (χ3v) is 3.22. The maximum absolute atomic E-state index is 11.4. The quantitative estimate of drug-likeness (QED) is 0.803. The highest BCUT2D eigenvalue weighted by Crippen LogP contribution is 2.10. The Morgan fingerprint density at radius 2 is 2.25 bits per heavy atom. The van der Waals surface area contributed by atoms with Gasteiger partial charge in [0.25, 0.3) is 0 Å². The van der Waals surface area contributed by atoms with Gasteiger partial charge in [0.2, 0.25) is 10.0 Å². The lowest BCUT2D eigenvalue weighted by Crippen LogP contribution is -2.16. The summed E-state index contributed by atoms with van der Waals surface area (Å²) in [7, 11) is -3.40. The van der Waals surface area contributed by atoms with E-state index in [4.69, 9.17) is 5.11 Å². The number of anilines is 1. The molecular weight excluding hydrogens is 232 g/mol. The number of aromatic nitrogens is 1. The Hall–Kier alpha value is -1.63. The van der Waals surface area contributed by atoms with E-state index in [1.54, 1.807) is 6.92 Å². The highest BCUT2D eigenvalue weighted by molar-refractivity contribution is 7.92. The van der Waals surface area contributed by atoms with Crippen LogP contribution in [0.2, 0.25) is 0 Å². The van der Waals surface area contributed by atoms with Gasteiger partial charge in [0.05, 0.1) is 11.4 Å². The van der Waals surface area contributed by atoms with Crippen LogP contribution in [0.25, 0.3) is 0 Å². The average Bonchev–Trinajstić information content (AvgIpc) is 2.17. The molecule has 1 aromatic heterocycles. The minimum atomic E-state index is -3.40. The van der Waals surface area contributed by atoms with Gasteiger partial charge in [-0.1, -0.05) is 6.92 Å². The van der Waals surface area contributed by atoms with Crippen molar-refractivity contribution in [3.63, 3.8) is 0 Å². The monoisotopic (exact) mass is 244 g/mol. The van der Waals surface area contributed by atoms with Crippen molar-refractivity contribution in [1.29, 1.82) is 0 Å². The second-order valence-corrected chi connectivity index (χ2v) is 5.00. The minimum absolute atomic E-state index is 0.00225. The van der Waals surface area contributed by atoms with Crippen molar-refractivity contribution < 1.29 is 18.3 Å². The third-order valence-electron chi connectivity index (χ3n) is 1.73. The maximum atomic E-state index is 11.4. The first kappa shape index (κ1) is 12.4. The largest absolute Gasteiger partial charge is 0.477 e. The Labute approximate surface area is 93.4 Å². The molecule has 0 fully saturated rings. The van der Waals surface area contributed by atoms with E-state index >= 15 is 0 Å². The lowest BCUT2D eigenvalue weighted by Gasteiger charge is -2.06. The van der Waals surface area contributed by atoms with E-state index in [-0.39, 0.29) is 17.1 Å². The summed E-state index contributed by atoms with van der Waals surface area (Å²) in [4.78, 5) is 14.2. The van der Waals surface area contributed by atoms with Crippen LogP contribution in [-0.2, 0) is 10.0 Å². The van der Waals surface area contributed by atoms with Crippen LogP contribution in [0.3, 0.4) is 0 Å². The number of sulfonamides is 1. The zero-order valence-electron chi connectivity index (χ0n) is 8.67. The van der Waals surface area contributed by atoms with E-state index < -0.39 is 16.0 Å². The van der Waals surface area contributed by atoms with E-state index in [9.17, 15) is 13.2 Å². The van der Waals surface area contributed by atoms with Crippen LogP contribution >= 0.6 is 0 Å². The van der Waals surface area contributed by atoms with Crippen molar-refractivity contribution in [3.8, 4) is 0 Å². The average molecular weight is 244 g/mol. The van der Waals surface area contributed by atoms with Crippen LogP contribution < -0.4 is 4.72 Å². The summed E-state index contributed by atoms with van der Waals surface area (Å²) >= 11 is 0. The van der Waals surface area contributed by atoms with Gasteiger partial charge in [-0.05, 0) is 18.6 Å². The molecule has 1 rings (SSSR count). The maximum Gasteiger partial charge on any atom is 0.354 e. The Kier molecular flexibility index (Phi) is 3.83. The molecule has 0 spiro atoms. The molecule has 0 radical (unpaired) electrons. The molecule has 16 heavy (non-hydrogen) atoms. The van der Waals surface area contributed by atoms with Gasteiger partial charge in [-0.3, -0.25) is 4.72 Å². The predicted molar refractivity (Wildman–Crippen MR) is 58.9 cm³/mol. The van der Waals surface area contributed by atoms with Crippen molar-refractivity contribution >= 4 is 21.7 Å². The fourth-order valence-electron chi connectivity index (χ4n) is 1.11. The van der Waals surface area contributed by atoms with Crippen LogP contribution in [0.4, 0.5) is 5.69 Å². The molecule has 0 saturated heterocycles. The van der Waals surface area contributed by atoms with Crippen LogP contribution in [0.1, 0.15) is 23.8 Å². The lowest BCUT2D eigenvalue weighted by molar-refractivity contribution is 0.0690. The number of carboxylic acids is 1. The van der Waals surface area contributed by atoms with Crippen molar-refractivity contribution in [2.75, 3.05) is 10.5 Å². The molecule has 88 valence electrons. The number of carbonyl (C=O) groups is 1. The predicted octanol–water partition coefficient (Wildman–Crippen LogP) is 0.932. The number of nitrogens with one attached hydrogen (secondary N) is 1. The second kappa shape index (κ2) is 4.93. The molecule has 0 aromatic carbocycles. The van der Waals surface area contributed by atoms with Crippen molar-refractivity contribution in [3.05, 3.63) is 24.0 Å². The zero-order chi connectivity index (χ0) is 12.2. The summed E-state index contributed by atoms with van der Waals surface area (Å²) in [6.45, 7) is 1.74. The van der Waals surface area contributed by atoms with Crippen molar-refractivity contribution in [2.24, 2.45) is 0 Å². The zero-order valence-corrected chi connectivity index (χ0v) is 9.49. The van der Waals surface area contributed by atoms with Crippen molar-refractivity contribution in [2.45, 2.75) is 13.3 Å². The molecule has 0 unspecified atom stereocenters. The Balaban J connectivity index is 2.90. The van der Waals surface area contributed by atoms with Crippen molar-refractivity contribution in [1.82, 2.24) is 4.98 Å². The van der Waals surface area contributed by atoms with E-state index in [0.29, 0.717) is 6.42 Å². The normalized spacial score (nSPS) is 11.1. The molecule has 0 saturated carbocycles. The molecule has 6 nitrogen and oxygen atoms in total. The molecule has 2 N–H and O–H groups in total. The number of nitrogens with zero attached hydrogens (tertiary/aromatic N) is 1. The van der Waals surface area contributed by atoms with Gasteiger partial charge in [-0.2, -0.15) is 0 Å². The summed E-state index contributed by atoms with van der Waals surface area (Å²) in [5, 5.41) is 8.67. The van der Waals surface area contributed by atoms with Crippen LogP contribution in [0.5, 0.6) is 0 Å². The van der Waals surface area contributed by atoms with Gasteiger partial charge in [0.15, 0.2) is 0 Å². The Morgan fingerprint density at radius 1 is 1.56 bits per heavy atom. The SMILES string of the molecule is CCCS(=O)(=O)Nc1ccnc(C(=O)O)c1. The third kappa shape index (κ3) is 3.50. The first-order valence-corrected chi connectivity index (χ1v) is 6.29. The van der Waals surface area contributed by atoms with Crippen LogP contribution in [0, 0.1) is 0 Å². The minimum Gasteiger partial charge on any atom is -0.477 e. The van der Waals surface area contributed by atoms with Gasteiger partial charge in [-0.15, -0.1) is 0 Å². The fraction of sp³-hybridized carbons (Fsp3) is 0.333. The Bertz CT molecular complexity index is 484. The molecule has 0 aliphatic carbocycles. The van der Waals surface area contributed by atoms with E-state index in [2.05, 4.69) is 9.71 Å². The topological polar surface area (TPSA) is 96.4 Å². The molecule has 1 aromatic rings. The van der Waals surface area contributed by atoms with Gasteiger partial charge < -0.3 is 5.11 Å².